The summed E-state index contributed by atoms with van der Waals surface area (Å²) in [5.41, 5.74) is 0.413. The number of amides is 1. The highest BCUT2D eigenvalue weighted by Crippen LogP contribution is 2.19. The van der Waals surface area contributed by atoms with Crippen LogP contribution >= 0.6 is 11.6 Å². The fraction of sp³-hybridized carbons (Fsp3) is 0.462. The van der Waals surface area contributed by atoms with E-state index in [1.807, 2.05) is 0 Å². The zero-order valence-corrected chi connectivity index (χ0v) is 13.3. The average molecular weight is 319 g/mol. The summed E-state index contributed by atoms with van der Waals surface area (Å²) in [5, 5.41) is 1.89. The maximum absolute atomic E-state index is 12.4. The maximum atomic E-state index is 12.4. The Hall–Kier alpha value is -1.11. The van der Waals surface area contributed by atoms with Gasteiger partial charge in [0.15, 0.2) is 0 Å². The highest BCUT2D eigenvalue weighted by Gasteiger charge is 2.22. The first-order valence-corrected chi connectivity index (χ1v) is 8.25. The molecular formula is C13H19ClN2O3S. The van der Waals surface area contributed by atoms with Crippen molar-refractivity contribution in [2.45, 2.75) is 31.0 Å². The lowest BCUT2D eigenvalue weighted by Gasteiger charge is -2.19. The molecule has 20 heavy (non-hydrogen) atoms. The minimum absolute atomic E-state index is 0.154. The van der Waals surface area contributed by atoms with Crippen molar-refractivity contribution in [2.75, 3.05) is 18.4 Å². The molecular weight excluding hydrogens is 300 g/mol. The van der Waals surface area contributed by atoms with Gasteiger partial charge in [0.05, 0.1) is 4.90 Å². The standard InChI is InChI=1S/C13H19ClN2O3S/c1-4-16(5-2)20(18,19)12-8-6-7-11(9-12)15-13(17)10(3)14/h6-10H,4-5H2,1-3H3,(H,15,17). The number of nitrogens with zero attached hydrogens (tertiary/aromatic N) is 1. The summed E-state index contributed by atoms with van der Waals surface area (Å²) in [4.78, 5) is 11.7. The first-order valence-electron chi connectivity index (χ1n) is 6.38. The van der Waals surface area contributed by atoms with Crippen LogP contribution in [0.2, 0.25) is 0 Å². The van der Waals surface area contributed by atoms with Crippen LogP contribution in [0.1, 0.15) is 20.8 Å². The molecule has 0 fully saturated rings. The Labute approximate surface area is 125 Å². The third kappa shape index (κ3) is 3.94. The molecule has 1 amide bonds. The number of nitrogens with one attached hydrogen (secondary N) is 1. The Bertz CT molecular complexity index is 569. The van der Waals surface area contributed by atoms with Gasteiger partial charge in [-0.1, -0.05) is 19.9 Å². The highest BCUT2D eigenvalue weighted by molar-refractivity contribution is 7.89. The normalized spacial score (nSPS) is 13.2. The number of carbonyl (C=O) groups is 1. The van der Waals surface area contributed by atoms with Gasteiger partial charge in [0.25, 0.3) is 0 Å². The molecule has 0 spiro atoms. The molecule has 7 heteroatoms. The van der Waals surface area contributed by atoms with Crippen molar-refractivity contribution >= 4 is 33.2 Å². The Morgan fingerprint density at radius 2 is 1.95 bits per heavy atom. The third-order valence-electron chi connectivity index (χ3n) is 2.81. The van der Waals surface area contributed by atoms with Crippen LogP contribution in [0.25, 0.3) is 0 Å². The van der Waals surface area contributed by atoms with Crippen LogP contribution in [0, 0.1) is 0 Å². The second-order valence-corrected chi connectivity index (χ2v) is 6.82. The van der Waals surface area contributed by atoms with Crippen LogP contribution in [0.3, 0.4) is 0 Å². The molecule has 1 N–H and O–H groups in total. The van der Waals surface area contributed by atoms with E-state index in [9.17, 15) is 13.2 Å². The van der Waals surface area contributed by atoms with Gasteiger partial charge in [-0.2, -0.15) is 4.31 Å². The van der Waals surface area contributed by atoms with Gasteiger partial charge in [-0.3, -0.25) is 4.79 Å². The van der Waals surface area contributed by atoms with Crippen LogP contribution in [0.4, 0.5) is 5.69 Å². The Balaban J connectivity index is 3.07. The zero-order chi connectivity index (χ0) is 15.3. The number of halogens is 1. The zero-order valence-electron chi connectivity index (χ0n) is 11.8. The number of hydrogen-bond acceptors (Lipinski definition) is 3. The Morgan fingerprint density at radius 3 is 2.45 bits per heavy atom. The van der Waals surface area contributed by atoms with Gasteiger partial charge in [-0.15, -0.1) is 11.6 Å². The maximum Gasteiger partial charge on any atom is 0.243 e. The third-order valence-corrected chi connectivity index (χ3v) is 5.05. The molecule has 1 unspecified atom stereocenters. The fourth-order valence-corrected chi connectivity index (χ4v) is 3.25. The van der Waals surface area contributed by atoms with E-state index in [0.717, 1.165) is 0 Å². The van der Waals surface area contributed by atoms with Gasteiger partial charge in [0.1, 0.15) is 5.38 Å². The molecule has 5 nitrogen and oxygen atoms in total. The molecule has 112 valence electrons. The summed E-state index contributed by atoms with van der Waals surface area (Å²) in [7, 11) is -3.53. The van der Waals surface area contributed by atoms with Crippen LogP contribution in [-0.4, -0.2) is 37.1 Å². The number of anilines is 1. The van der Waals surface area contributed by atoms with Crippen molar-refractivity contribution in [3.63, 3.8) is 0 Å². The van der Waals surface area contributed by atoms with Crippen molar-refractivity contribution < 1.29 is 13.2 Å². The van der Waals surface area contributed by atoms with Crippen LogP contribution in [0.5, 0.6) is 0 Å². The Morgan fingerprint density at radius 1 is 1.35 bits per heavy atom. The number of benzene rings is 1. The summed E-state index contributed by atoms with van der Waals surface area (Å²) in [6.45, 7) is 5.90. The van der Waals surface area contributed by atoms with E-state index in [1.165, 1.54) is 16.4 Å². The first-order chi connectivity index (χ1) is 9.32. The lowest BCUT2D eigenvalue weighted by Crippen LogP contribution is -2.30. The van der Waals surface area contributed by atoms with Crippen LogP contribution < -0.4 is 5.32 Å². The monoisotopic (exact) mass is 318 g/mol. The molecule has 1 atom stereocenters. The summed E-state index contributed by atoms with van der Waals surface area (Å²) in [6.07, 6.45) is 0. The molecule has 0 heterocycles. The summed E-state index contributed by atoms with van der Waals surface area (Å²) in [6, 6.07) is 6.15. The molecule has 0 radical (unpaired) electrons. The van der Waals surface area contributed by atoms with Crippen molar-refractivity contribution in [3.8, 4) is 0 Å². The molecule has 0 aliphatic heterocycles. The van der Waals surface area contributed by atoms with Gasteiger partial charge in [-0.05, 0) is 25.1 Å². The van der Waals surface area contributed by atoms with E-state index >= 15 is 0 Å². The predicted octanol–water partition coefficient (Wildman–Crippen LogP) is 2.28. The lowest BCUT2D eigenvalue weighted by atomic mass is 10.3. The molecule has 0 saturated heterocycles. The molecule has 0 bridgehead atoms. The molecule has 1 aromatic rings. The van der Waals surface area contributed by atoms with E-state index in [0.29, 0.717) is 18.8 Å². The van der Waals surface area contributed by atoms with E-state index in [2.05, 4.69) is 5.32 Å². The van der Waals surface area contributed by atoms with Gasteiger partial charge in [-0.25, -0.2) is 8.42 Å². The van der Waals surface area contributed by atoms with Crippen molar-refractivity contribution in [1.29, 1.82) is 0 Å². The molecule has 1 rings (SSSR count). The largest absolute Gasteiger partial charge is 0.325 e. The van der Waals surface area contributed by atoms with Crippen molar-refractivity contribution in [1.82, 2.24) is 4.31 Å². The minimum atomic E-state index is -3.53. The Kier molecular flexibility index (Phi) is 5.98. The van der Waals surface area contributed by atoms with E-state index < -0.39 is 15.4 Å². The first kappa shape index (κ1) is 16.9. The van der Waals surface area contributed by atoms with E-state index in [4.69, 9.17) is 11.6 Å². The fourth-order valence-electron chi connectivity index (χ4n) is 1.69. The predicted molar refractivity (Wildman–Crippen MR) is 80.5 cm³/mol. The number of carbonyl (C=O) groups excluding carboxylic acids is 1. The van der Waals surface area contributed by atoms with Crippen LogP contribution in [-0.2, 0) is 14.8 Å². The van der Waals surface area contributed by atoms with Gasteiger partial charge in [0, 0.05) is 18.8 Å². The lowest BCUT2D eigenvalue weighted by molar-refractivity contribution is -0.115. The van der Waals surface area contributed by atoms with Gasteiger partial charge < -0.3 is 5.32 Å². The summed E-state index contributed by atoms with van der Waals surface area (Å²) < 4.78 is 26.1. The molecule has 0 aliphatic rings. The minimum Gasteiger partial charge on any atom is -0.325 e. The summed E-state index contributed by atoms with van der Waals surface area (Å²) >= 11 is 5.66. The highest BCUT2D eigenvalue weighted by atomic mass is 35.5. The van der Waals surface area contributed by atoms with Crippen LogP contribution in [0.15, 0.2) is 29.2 Å². The molecule has 0 aliphatic carbocycles. The number of hydrogen-bond donors (Lipinski definition) is 1. The van der Waals surface area contributed by atoms with Crippen molar-refractivity contribution in [2.24, 2.45) is 0 Å². The topological polar surface area (TPSA) is 66.5 Å². The van der Waals surface area contributed by atoms with Gasteiger partial charge in [0.2, 0.25) is 15.9 Å². The smallest absolute Gasteiger partial charge is 0.243 e. The van der Waals surface area contributed by atoms with Crippen molar-refractivity contribution in [3.05, 3.63) is 24.3 Å². The SMILES string of the molecule is CCN(CC)S(=O)(=O)c1cccc(NC(=O)C(C)Cl)c1. The van der Waals surface area contributed by atoms with E-state index in [-0.39, 0.29) is 10.8 Å². The quantitative estimate of drug-likeness (QED) is 0.818. The molecule has 0 aromatic heterocycles. The number of sulfonamides is 1. The number of rotatable bonds is 6. The summed E-state index contributed by atoms with van der Waals surface area (Å²) in [5.74, 6) is -0.371. The van der Waals surface area contributed by atoms with Gasteiger partial charge >= 0.3 is 0 Å². The van der Waals surface area contributed by atoms with E-state index in [1.54, 1.807) is 32.9 Å². The molecule has 0 saturated carbocycles. The second kappa shape index (κ2) is 7.06. The molecule has 1 aromatic carbocycles. The second-order valence-electron chi connectivity index (χ2n) is 4.22. The average Bonchev–Trinajstić information content (AvgIpc) is 2.40. The number of alkyl halides is 1.